The zero-order chi connectivity index (χ0) is 22.6. The fraction of sp³-hybridized carbons (Fsp3) is 0.400. The second kappa shape index (κ2) is 10.0. The van der Waals surface area contributed by atoms with Crippen LogP contribution < -0.4 is 0 Å². The van der Waals surface area contributed by atoms with Crippen LogP contribution in [0.2, 0.25) is 0 Å². The van der Waals surface area contributed by atoms with Gasteiger partial charge in [-0.3, -0.25) is 0 Å². The molecule has 0 radical (unpaired) electrons. The minimum Gasteiger partial charge on any atom is -0.387 e. The summed E-state index contributed by atoms with van der Waals surface area (Å²) < 4.78 is 0. The van der Waals surface area contributed by atoms with E-state index < -0.39 is 6.10 Å². The van der Waals surface area contributed by atoms with Gasteiger partial charge in [0, 0.05) is 12.5 Å². The first kappa shape index (κ1) is 22.8. The lowest BCUT2D eigenvalue weighted by molar-refractivity contribution is 0.0868. The topological polar surface area (TPSA) is 23.5 Å². The molecule has 1 aliphatic heterocycles. The predicted molar refractivity (Wildman–Crippen MR) is 134 cm³/mol. The highest BCUT2D eigenvalue weighted by Crippen LogP contribution is 2.38. The van der Waals surface area contributed by atoms with E-state index in [4.69, 9.17) is 0 Å². The third-order valence-corrected chi connectivity index (χ3v) is 7.01. The molecule has 0 spiro atoms. The van der Waals surface area contributed by atoms with Crippen LogP contribution in [-0.4, -0.2) is 29.6 Å². The SMILES string of the molecule is CC(C)(C)c1ccc(C(O)CN2CCC(C(c3ccccc3)c3ccccc3)CC2)cc1. The summed E-state index contributed by atoms with van der Waals surface area (Å²) in [5.41, 5.74) is 5.29. The number of benzene rings is 3. The lowest BCUT2D eigenvalue weighted by Crippen LogP contribution is -2.38. The minimum absolute atomic E-state index is 0.138. The maximum absolute atomic E-state index is 10.9. The Bertz CT molecular complexity index is 912. The third-order valence-electron chi connectivity index (χ3n) is 7.01. The molecule has 0 bridgehead atoms. The number of likely N-dealkylation sites (tertiary alicyclic amines) is 1. The maximum Gasteiger partial charge on any atom is 0.0916 e. The van der Waals surface area contributed by atoms with Crippen molar-refractivity contribution in [2.24, 2.45) is 5.92 Å². The number of piperidine rings is 1. The van der Waals surface area contributed by atoms with E-state index in [0.717, 1.165) is 31.5 Å². The van der Waals surface area contributed by atoms with Crippen molar-refractivity contribution in [2.45, 2.75) is 51.0 Å². The summed E-state index contributed by atoms with van der Waals surface area (Å²) in [6.45, 7) is 9.46. The normalized spacial score (nSPS) is 16.9. The van der Waals surface area contributed by atoms with Gasteiger partial charge in [-0.1, -0.05) is 106 Å². The van der Waals surface area contributed by atoms with Crippen molar-refractivity contribution in [2.75, 3.05) is 19.6 Å². The quantitative estimate of drug-likeness (QED) is 0.481. The lowest BCUT2D eigenvalue weighted by atomic mass is 9.76. The Balaban J connectivity index is 1.39. The fourth-order valence-corrected chi connectivity index (χ4v) is 5.08. The molecular weight excluding hydrogens is 390 g/mol. The van der Waals surface area contributed by atoms with Crippen molar-refractivity contribution in [1.29, 1.82) is 0 Å². The minimum atomic E-state index is -0.431. The van der Waals surface area contributed by atoms with Crippen LogP contribution in [0.3, 0.4) is 0 Å². The van der Waals surface area contributed by atoms with Gasteiger partial charge in [0.05, 0.1) is 6.10 Å². The van der Waals surface area contributed by atoms with Gasteiger partial charge in [0.25, 0.3) is 0 Å². The predicted octanol–water partition coefficient (Wildman–Crippen LogP) is 6.56. The molecule has 3 aromatic rings. The molecule has 0 aliphatic carbocycles. The Kier molecular flexibility index (Phi) is 7.13. The Labute approximate surface area is 193 Å². The van der Waals surface area contributed by atoms with E-state index in [-0.39, 0.29) is 5.41 Å². The Morgan fingerprint density at radius 2 is 1.25 bits per heavy atom. The highest BCUT2D eigenvalue weighted by Gasteiger charge is 2.29. The van der Waals surface area contributed by atoms with Gasteiger partial charge in [-0.05, 0) is 59.5 Å². The van der Waals surface area contributed by atoms with E-state index in [0.29, 0.717) is 18.4 Å². The number of hydrogen-bond donors (Lipinski definition) is 1. The highest BCUT2D eigenvalue weighted by atomic mass is 16.3. The molecule has 2 nitrogen and oxygen atoms in total. The first-order valence-corrected chi connectivity index (χ1v) is 12.0. The standard InChI is InChI=1S/C30H37NO/c1-30(2,3)27-16-14-23(15-17-27)28(32)22-31-20-18-26(19-21-31)29(24-10-6-4-7-11-24)25-12-8-5-9-13-25/h4-17,26,28-29,32H,18-22H2,1-3H3. The summed E-state index contributed by atoms with van der Waals surface area (Å²) in [5.74, 6) is 1.06. The second-order valence-electron chi connectivity index (χ2n) is 10.3. The average molecular weight is 428 g/mol. The zero-order valence-electron chi connectivity index (χ0n) is 19.7. The second-order valence-corrected chi connectivity index (χ2v) is 10.3. The fourth-order valence-electron chi connectivity index (χ4n) is 5.08. The Morgan fingerprint density at radius 1 is 0.750 bits per heavy atom. The number of nitrogens with zero attached hydrogens (tertiary/aromatic N) is 1. The summed E-state index contributed by atoms with van der Waals surface area (Å²) in [7, 11) is 0. The lowest BCUT2D eigenvalue weighted by Gasteiger charge is -2.37. The summed E-state index contributed by atoms with van der Waals surface area (Å²) in [5, 5.41) is 10.9. The molecule has 0 aromatic heterocycles. The largest absolute Gasteiger partial charge is 0.387 e. The smallest absolute Gasteiger partial charge is 0.0916 e. The molecule has 1 saturated heterocycles. The molecule has 3 aromatic carbocycles. The molecule has 1 heterocycles. The van der Waals surface area contributed by atoms with E-state index in [1.807, 2.05) is 0 Å². The Hall–Kier alpha value is -2.42. The van der Waals surface area contributed by atoms with Crippen molar-refractivity contribution < 1.29 is 5.11 Å². The first-order chi connectivity index (χ1) is 15.4. The Morgan fingerprint density at radius 3 is 1.72 bits per heavy atom. The van der Waals surface area contributed by atoms with Crippen LogP contribution in [0.1, 0.15) is 67.9 Å². The van der Waals surface area contributed by atoms with Gasteiger partial charge in [-0.2, -0.15) is 0 Å². The monoisotopic (exact) mass is 427 g/mol. The molecule has 1 fully saturated rings. The number of aliphatic hydroxyl groups excluding tert-OH is 1. The van der Waals surface area contributed by atoms with Crippen molar-refractivity contribution in [3.8, 4) is 0 Å². The van der Waals surface area contributed by atoms with Crippen LogP contribution >= 0.6 is 0 Å². The van der Waals surface area contributed by atoms with Gasteiger partial charge in [-0.25, -0.2) is 0 Å². The molecule has 4 rings (SSSR count). The van der Waals surface area contributed by atoms with Crippen molar-refractivity contribution in [3.05, 3.63) is 107 Å². The molecule has 0 saturated carbocycles. The number of hydrogen-bond acceptors (Lipinski definition) is 2. The molecule has 1 aliphatic rings. The van der Waals surface area contributed by atoms with Gasteiger partial charge in [-0.15, -0.1) is 0 Å². The van der Waals surface area contributed by atoms with Crippen LogP contribution in [0.15, 0.2) is 84.9 Å². The van der Waals surface area contributed by atoms with Crippen LogP contribution in [0.5, 0.6) is 0 Å². The molecule has 1 atom stereocenters. The van der Waals surface area contributed by atoms with Crippen LogP contribution in [0.4, 0.5) is 0 Å². The van der Waals surface area contributed by atoms with E-state index in [2.05, 4.69) is 111 Å². The first-order valence-electron chi connectivity index (χ1n) is 12.0. The molecule has 168 valence electrons. The summed E-state index contributed by atoms with van der Waals surface area (Å²) in [6, 6.07) is 30.4. The van der Waals surface area contributed by atoms with E-state index in [1.54, 1.807) is 0 Å². The number of β-amino-alcohol motifs (C(OH)–C–C–N with tert-alkyl or cyclic N) is 1. The zero-order valence-corrected chi connectivity index (χ0v) is 19.7. The van der Waals surface area contributed by atoms with Crippen LogP contribution in [-0.2, 0) is 5.41 Å². The van der Waals surface area contributed by atoms with Gasteiger partial charge >= 0.3 is 0 Å². The molecular formula is C30H37NO. The highest BCUT2D eigenvalue weighted by molar-refractivity contribution is 5.33. The van der Waals surface area contributed by atoms with Crippen LogP contribution in [0.25, 0.3) is 0 Å². The van der Waals surface area contributed by atoms with Gasteiger partial charge in [0.2, 0.25) is 0 Å². The van der Waals surface area contributed by atoms with Crippen LogP contribution in [0, 0.1) is 5.92 Å². The molecule has 1 unspecified atom stereocenters. The van der Waals surface area contributed by atoms with E-state index in [9.17, 15) is 5.11 Å². The number of rotatable bonds is 6. The van der Waals surface area contributed by atoms with Crippen molar-refractivity contribution >= 4 is 0 Å². The van der Waals surface area contributed by atoms with Gasteiger partial charge < -0.3 is 10.0 Å². The summed E-state index contributed by atoms with van der Waals surface area (Å²) >= 11 is 0. The van der Waals surface area contributed by atoms with Crippen molar-refractivity contribution in [1.82, 2.24) is 4.90 Å². The summed E-state index contributed by atoms with van der Waals surface area (Å²) in [4.78, 5) is 2.44. The third kappa shape index (κ3) is 5.49. The molecule has 32 heavy (non-hydrogen) atoms. The van der Waals surface area contributed by atoms with E-state index in [1.165, 1.54) is 16.7 Å². The average Bonchev–Trinajstić information content (AvgIpc) is 2.81. The molecule has 2 heteroatoms. The van der Waals surface area contributed by atoms with Gasteiger partial charge in [0.15, 0.2) is 0 Å². The molecule has 0 amide bonds. The molecule has 1 N–H and O–H groups in total. The summed E-state index contributed by atoms with van der Waals surface area (Å²) in [6.07, 6.45) is 1.88. The number of aliphatic hydroxyl groups is 1. The van der Waals surface area contributed by atoms with Crippen molar-refractivity contribution in [3.63, 3.8) is 0 Å². The maximum atomic E-state index is 10.9. The van der Waals surface area contributed by atoms with Gasteiger partial charge in [0.1, 0.15) is 0 Å². The van der Waals surface area contributed by atoms with E-state index >= 15 is 0 Å².